The van der Waals surface area contributed by atoms with E-state index in [9.17, 15) is 0 Å². The summed E-state index contributed by atoms with van der Waals surface area (Å²) in [6, 6.07) is 38.7. The molecule has 0 heterocycles. The number of anilines is 3. The number of allylic oxidation sites excluding steroid dienone is 5. The first-order valence-electron chi connectivity index (χ1n) is 11.7. The summed E-state index contributed by atoms with van der Waals surface area (Å²) in [6.45, 7) is 8.20. The molecule has 0 N–H and O–H groups in total. The van der Waals surface area contributed by atoms with Crippen molar-refractivity contribution in [1.82, 2.24) is 0 Å². The highest BCUT2D eigenvalue weighted by atomic mass is 15.1. The highest BCUT2D eigenvalue weighted by Crippen LogP contribution is 2.35. The van der Waals surface area contributed by atoms with Crippen LogP contribution in [0.15, 0.2) is 140 Å². The topological polar surface area (TPSA) is 3.24 Å². The Labute approximate surface area is 204 Å². The van der Waals surface area contributed by atoms with Crippen molar-refractivity contribution in [2.45, 2.75) is 20.3 Å². The average Bonchev–Trinajstić information content (AvgIpc) is 2.87. The molecule has 0 atom stereocenters. The van der Waals surface area contributed by atoms with Crippen LogP contribution in [-0.2, 0) is 6.42 Å². The van der Waals surface area contributed by atoms with Crippen molar-refractivity contribution in [3.63, 3.8) is 0 Å². The summed E-state index contributed by atoms with van der Waals surface area (Å²) >= 11 is 0. The Kier molecular flexibility index (Phi) is 7.57. The largest absolute Gasteiger partial charge is 0.311 e. The molecule has 0 radical (unpaired) electrons. The summed E-state index contributed by atoms with van der Waals surface area (Å²) in [5, 5.41) is 0. The fraction of sp³-hybridized carbons (Fsp3) is 0.0909. The SMILES string of the molecule is C=C/C(=C\C=C(C)C)c1ccc(N(c2ccccc2)c2ccc(Cc3ccccc3)cc2)cc1. The average molecular weight is 442 g/mol. The van der Waals surface area contributed by atoms with Gasteiger partial charge in [0.25, 0.3) is 0 Å². The molecular formula is C33H31N. The predicted molar refractivity (Wildman–Crippen MR) is 148 cm³/mol. The van der Waals surface area contributed by atoms with Gasteiger partial charge in [-0.05, 0) is 78.9 Å². The third kappa shape index (κ3) is 5.82. The van der Waals surface area contributed by atoms with Crippen molar-refractivity contribution in [1.29, 1.82) is 0 Å². The standard InChI is InChI=1S/C33H31N/c1-4-29(18-15-26(2)3)30-19-23-33(24-20-30)34(31-13-9-6-10-14-31)32-21-16-28(17-22-32)25-27-11-7-5-8-12-27/h4-24H,1,25H2,2-3H3/b29-18+. The monoisotopic (exact) mass is 441 g/mol. The summed E-state index contributed by atoms with van der Waals surface area (Å²) in [5.74, 6) is 0. The van der Waals surface area contributed by atoms with E-state index >= 15 is 0 Å². The molecule has 0 spiro atoms. The molecule has 4 aromatic rings. The van der Waals surface area contributed by atoms with E-state index in [4.69, 9.17) is 0 Å². The van der Waals surface area contributed by atoms with Gasteiger partial charge in [-0.15, -0.1) is 0 Å². The highest BCUT2D eigenvalue weighted by molar-refractivity contribution is 5.80. The molecule has 0 aliphatic rings. The molecule has 1 heteroatoms. The molecule has 0 amide bonds. The zero-order valence-corrected chi connectivity index (χ0v) is 20.0. The number of hydrogen-bond donors (Lipinski definition) is 0. The summed E-state index contributed by atoms with van der Waals surface area (Å²) < 4.78 is 0. The lowest BCUT2D eigenvalue weighted by atomic mass is 10.0. The van der Waals surface area contributed by atoms with Crippen molar-refractivity contribution in [2.75, 3.05) is 4.90 Å². The molecule has 0 saturated carbocycles. The van der Waals surface area contributed by atoms with E-state index in [0.717, 1.165) is 34.6 Å². The second kappa shape index (κ2) is 11.2. The van der Waals surface area contributed by atoms with Crippen molar-refractivity contribution in [2.24, 2.45) is 0 Å². The Morgan fingerprint density at radius 1 is 0.618 bits per heavy atom. The van der Waals surface area contributed by atoms with Crippen LogP contribution in [-0.4, -0.2) is 0 Å². The third-order valence-electron chi connectivity index (χ3n) is 5.73. The van der Waals surface area contributed by atoms with Crippen molar-refractivity contribution in [3.8, 4) is 0 Å². The second-order valence-electron chi connectivity index (χ2n) is 8.62. The zero-order valence-electron chi connectivity index (χ0n) is 20.0. The van der Waals surface area contributed by atoms with Crippen molar-refractivity contribution in [3.05, 3.63) is 156 Å². The summed E-state index contributed by atoms with van der Waals surface area (Å²) in [4.78, 5) is 2.30. The molecule has 0 unspecified atom stereocenters. The minimum atomic E-state index is 0.934. The van der Waals surface area contributed by atoms with E-state index in [0.29, 0.717) is 0 Å². The highest BCUT2D eigenvalue weighted by Gasteiger charge is 2.12. The lowest BCUT2D eigenvalue weighted by molar-refractivity contribution is 1.18. The van der Waals surface area contributed by atoms with Crippen LogP contribution in [0.5, 0.6) is 0 Å². The fourth-order valence-corrected chi connectivity index (χ4v) is 3.96. The van der Waals surface area contributed by atoms with Crippen molar-refractivity contribution >= 4 is 22.6 Å². The number of nitrogens with zero attached hydrogens (tertiary/aromatic N) is 1. The van der Waals surface area contributed by atoms with E-state index < -0.39 is 0 Å². The van der Waals surface area contributed by atoms with Gasteiger partial charge in [0.1, 0.15) is 0 Å². The van der Waals surface area contributed by atoms with Gasteiger partial charge in [0, 0.05) is 17.1 Å². The van der Waals surface area contributed by atoms with Crippen LogP contribution < -0.4 is 4.90 Å². The second-order valence-corrected chi connectivity index (χ2v) is 8.62. The van der Waals surface area contributed by atoms with E-state index in [1.165, 1.54) is 16.7 Å². The molecule has 168 valence electrons. The molecule has 4 rings (SSSR count). The zero-order chi connectivity index (χ0) is 23.8. The quantitative estimate of drug-likeness (QED) is 0.246. The van der Waals surface area contributed by atoms with Crippen LogP contribution in [0.25, 0.3) is 5.57 Å². The van der Waals surface area contributed by atoms with Crippen LogP contribution in [0, 0.1) is 0 Å². The van der Waals surface area contributed by atoms with Gasteiger partial charge in [0.15, 0.2) is 0 Å². The Bertz CT molecular complexity index is 1260. The molecule has 0 aromatic heterocycles. The van der Waals surface area contributed by atoms with Crippen LogP contribution in [0.3, 0.4) is 0 Å². The molecule has 0 bridgehead atoms. The third-order valence-corrected chi connectivity index (χ3v) is 5.73. The predicted octanol–water partition coefficient (Wildman–Crippen LogP) is 9.28. The van der Waals surface area contributed by atoms with Gasteiger partial charge >= 0.3 is 0 Å². The number of rotatable bonds is 8. The van der Waals surface area contributed by atoms with E-state index in [1.54, 1.807) is 0 Å². The number of benzene rings is 4. The van der Waals surface area contributed by atoms with Gasteiger partial charge in [-0.2, -0.15) is 0 Å². The van der Waals surface area contributed by atoms with Gasteiger partial charge in [-0.25, -0.2) is 0 Å². The van der Waals surface area contributed by atoms with Gasteiger partial charge < -0.3 is 4.90 Å². The lowest BCUT2D eigenvalue weighted by Crippen LogP contribution is -2.09. The van der Waals surface area contributed by atoms with Crippen LogP contribution >= 0.6 is 0 Å². The van der Waals surface area contributed by atoms with Gasteiger partial charge in [-0.3, -0.25) is 0 Å². The van der Waals surface area contributed by atoms with E-state index in [-0.39, 0.29) is 0 Å². The Morgan fingerprint density at radius 2 is 1.12 bits per heavy atom. The maximum absolute atomic E-state index is 4.00. The molecule has 1 nitrogen and oxygen atoms in total. The normalized spacial score (nSPS) is 11.1. The van der Waals surface area contributed by atoms with E-state index in [2.05, 4.69) is 147 Å². The van der Waals surface area contributed by atoms with Crippen LogP contribution in [0.4, 0.5) is 17.1 Å². The fourth-order valence-electron chi connectivity index (χ4n) is 3.96. The Morgan fingerprint density at radius 3 is 1.68 bits per heavy atom. The first kappa shape index (κ1) is 23.1. The smallest absolute Gasteiger partial charge is 0.0462 e. The first-order chi connectivity index (χ1) is 16.6. The number of hydrogen-bond acceptors (Lipinski definition) is 1. The van der Waals surface area contributed by atoms with Crippen LogP contribution in [0.2, 0.25) is 0 Å². The van der Waals surface area contributed by atoms with E-state index in [1.807, 2.05) is 6.08 Å². The Hall–Kier alpha value is -4.10. The lowest BCUT2D eigenvalue weighted by Gasteiger charge is -2.26. The van der Waals surface area contributed by atoms with Gasteiger partial charge in [0.05, 0.1) is 0 Å². The molecule has 4 aromatic carbocycles. The van der Waals surface area contributed by atoms with Gasteiger partial charge in [-0.1, -0.05) is 103 Å². The summed E-state index contributed by atoms with van der Waals surface area (Å²) in [5.41, 5.74) is 9.56. The first-order valence-corrected chi connectivity index (χ1v) is 11.7. The van der Waals surface area contributed by atoms with Crippen LogP contribution in [0.1, 0.15) is 30.5 Å². The van der Waals surface area contributed by atoms with Crippen molar-refractivity contribution < 1.29 is 0 Å². The molecule has 0 fully saturated rings. The maximum atomic E-state index is 4.00. The number of para-hydroxylation sites is 1. The maximum Gasteiger partial charge on any atom is 0.0462 e. The molecule has 0 aliphatic heterocycles. The molecule has 0 aliphatic carbocycles. The summed E-state index contributed by atoms with van der Waals surface area (Å²) in [6.07, 6.45) is 7.09. The molecule has 0 saturated heterocycles. The Balaban J connectivity index is 1.65. The van der Waals surface area contributed by atoms with Gasteiger partial charge in [0.2, 0.25) is 0 Å². The minimum absolute atomic E-state index is 0.934. The summed E-state index contributed by atoms with van der Waals surface area (Å²) in [7, 11) is 0. The molecular weight excluding hydrogens is 410 g/mol. The molecule has 34 heavy (non-hydrogen) atoms. The minimum Gasteiger partial charge on any atom is -0.311 e.